The predicted molar refractivity (Wildman–Crippen MR) is 53.4 cm³/mol. The van der Waals surface area contributed by atoms with Gasteiger partial charge in [-0.1, -0.05) is 18.9 Å². The minimum atomic E-state index is 0.729. The van der Waals surface area contributed by atoms with Gasteiger partial charge >= 0.3 is 0 Å². The molecule has 0 aliphatic heterocycles. The van der Waals surface area contributed by atoms with E-state index in [0.717, 1.165) is 24.0 Å². The summed E-state index contributed by atoms with van der Waals surface area (Å²) in [7, 11) is 0. The highest BCUT2D eigenvalue weighted by molar-refractivity contribution is 5.64. The van der Waals surface area contributed by atoms with Crippen LogP contribution in [0.15, 0.2) is 12.2 Å². The standard InChI is InChI=1S/C12H18O/c13-9-3-8-12-10-4-1-5-11(12)7-2-6-10/h3,8-12H,1-2,4-7H2. The normalized spacial score (nSPS) is 39.2. The van der Waals surface area contributed by atoms with Crippen molar-refractivity contribution in [2.24, 2.45) is 17.8 Å². The number of hydrogen-bond donors (Lipinski definition) is 0. The van der Waals surface area contributed by atoms with Gasteiger partial charge in [-0.15, -0.1) is 0 Å². The van der Waals surface area contributed by atoms with Gasteiger partial charge in [0, 0.05) is 0 Å². The van der Waals surface area contributed by atoms with Gasteiger partial charge in [0.05, 0.1) is 0 Å². The van der Waals surface area contributed by atoms with Crippen LogP contribution in [0.4, 0.5) is 0 Å². The summed E-state index contributed by atoms with van der Waals surface area (Å²) in [5, 5.41) is 0. The molecule has 1 heteroatoms. The molecule has 0 aromatic heterocycles. The minimum absolute atomic E-state index is 0.729. The van der Waals surface area contributed by atoms with Crippen molar-refractivity contribution in [1.82, 2.24) is 0 Å². The largest absolute Gasteiger partial charge is 0.299 e. The molecule has 0 heterocycles. The Kier molecular flexibility index (Phi) is 2.82. The molecule has 2 fully saturated rings. The molecular weight excluding hydrogens is 160 g/mol. The van der Waals surface area contributed by atoms with Crippen molar-refractivity contribution in [1.29, 1.82) is 0 Å². The number of hydrogen-bond acceptors (Lipinski definition) is 1. The number of rotatable bonds is 2. The summed E-state index contributed by atoms with van der Waals surface area (Å²) < 4.78 is 0. The van der Waals surface area contributed by atoms with Gasteiger partial charge in [-0.3, -0.25) is 4.79 Å². The van der Waals surface area contributed by atoms with Crippen LogP contribution in [0.5, 0.6) is 0 Å². The lowest BCUT2D eigenvalue weighted by Gasteiger charge is -2.41. The maximum Gasteiger partial charge on any atom is 0.142 e. The molecular formula is C12H18O. The molecule has 1 nitrogen and oxygen atoms in total. The van der Waals surface area contributed by atoms with Crippen molar-refractivity contribution in [2.75, 3.05) is 0 Å². The van der Waals surface area contributed by atoms with Crippen LogP contribution in [0.3, 0.4) is 0 Å². The lowest BCUT2D eigenvalue weighted by atomic mass is 9.64. The summed E-state index contributed by atoms with van der Waals surface area (Å²) in [4.78, 5) is 10.3. The first-order valence-corrected chi connectivity index (χ1v) is 5.54. The Morgan fingerprint density at radius 3 is 1.92 bits per heavy atom. The highest BCUT2D eigenvalue weighted by Gasteiger charge is 2.34. The van der Waals surface area contributed by atoms with E-state index in [9.17, 15) is 4.79 Å². The number of allylic oxidation sites excluding steroid dienone is 2. The third-order valence-electron chi connectivity index (χ3n) is 3.80. The second-order valence-corrected chi connectivity index (χ2v) is 4.48. The molecule has 0 spiro atoms. The fourth-order valence-electron chi connectivity index (χ4n) is 3.22. The van der Waals surface area contributed by atoms with E-state index in [2.05, 4.69) is 6.08 Å². The van der Waals surface area contributed by atoms with Crippen molar-refractivity contribution in [3.8, 4) is 0 Å². The SMILES string of the molecule is O=CC=CC1C2CCCC1CCC2. The smallest absolute Gasteiger partial charge is 0.142 e. The Bertz CT molecular complexity index is 185. The first kappa shape index (κ1) is 8.98. The molecule has 0 saturated heterocycles. The van der Waals surface area contributed by atoms with Crippen molar-refractivity contribution in [3.63, 3.8) is 0 Å². The van der Waals surface area contributed by atoms with Crippen LogP contribution in [-0.4, -0.2) is 6.29 Å². The zero-order chi connectivity index (χ0) is 9.10. The highest BCUT2D eigenvalue weighted by Crippen LogP contribution is 2.44. The average molecular weight is 178 g/mol. The fourth-order valence-corrected chi connectivity index (χ4v) is 3.22. The molecule has 2 bridgehead atoms. The Hall–Kier alpha value is -0.590. The van der Waals surface area contributed by atoms with Crippen LogP contribution in [-0.2, 0) is 4.79 Å². The van der Waals surface area contributed by atoms with E-state index in [1.54, 1.807) is 6.08 Å². The second kappa shape index (κ2) is 4.08. The van der Waals surface area contributed by atoms with Gasteiger partial charge in [0.15, 0.2) is 0 Å². The van der Waals surface area contributed by atoms with E-state index in [-0.39, 0.29) is 0 Å². The lowest BCUT2D eigenvalue weighted by molar-refractivity contribution is -0.104. The summed E-state index contributed by atoms with van der Waals surface area (Å²) in [5.41, 5.74) is 0. The lowest BCUT2D eigenvalue weighted by Crippen LogP contribution is -2.30. The molecule has 2 rings (SSSR count). The molecule has 2 aliphatic carbocycles. The van der Waals surface area contributed by atoms with Crippen LogP contribution in [0.2, 0.25) is 0 Å². The third kappa shape index (κ3) is 1.84. The third-order valence-corrected chi connectivity index (χ3v) is 3.80. The molecule has 2 aliphatic rings. The number of aldehydes is 1. The number of carbonyl (C=O) groups excluding carboxylic acids is 1. The molecule has 0 unspecified atom stereocenters. The van der Waals surface area contributed by atoms with Gasteiger partial charge in [-0.25, -0.2) is 0 Å². The molecule has 0 amide bonds. The van der Waals surface area contributed by atoms with Gasteiger partial charge in [-0.2, -0.15) is 0 Å². The monoisotopic (exact) mass is 178 g/mol. The van der Waals surface area contributed by atoms with E-state index in [4.69, 9.17) is 0 Å². The minimum Gasteiger partial charge on any atom is -0.299 e. The van der Waals surface area contributed by atoms with Crippen molar-refractivity contribution in [3.05, 3.63) is 12.2 Å². The zero-order valence-electron chi connectivity index (χ0n) is 8.11. The van der Waals surface area contributed by atoms with Crippen molar-refractivity contribution >= 4 is 6.29 Å². The Morgan fingerprint density at radius 2 is 1.46 bits per heavy atom. The van der Waals surface area contributed by atoms with Crippen molar-refractivity contribution in [2.45, 2.75) is 38.5 Å². The highest BCUT2D eigenvalue weighted by atomic mass is 16.1. The summed E-state index contributed by atoms with van der Waals surface area (Å²) in [6.45, 7) is 0. The second-order valence-electron chi connectivity index (χ2n) is 4.48. The van der Waals surface area contributed by atoms with E-state index < -0.39 is 0 Å². The Labute approximate surface area is 80.2 Å². The van der Waals surface area contributed by atoms with Gasteiger partial charge < -0.3 is 0 Å². The first-order chi connectivity index (χ1) is 6.42. The van der Waals surface area contributed by atoms with Gasteiger partial charge in [0.1, 0.15) is 6.29 Å². The topological polar surface area (TPSA) is 17.1 Å². The maximum atomic E-state index is 10.3. The summed E-state index contributed by atoms with van der Waals surface area (Å²) in [6, 6.07) is 0. The summed E-state index contributed by atoms with van der Waals surface area (Å²) in [6.07, 6.45) is 13.2. The zero-order valence-corrected chi connectivity index (χ0v) is 8.11. The average Bonchev–Trinajstić information content (AvgIpc) is 2.14. The van der Waals surface area contributed by atoms with E-state index >= 15 is 0 Å². The molecule has 0 aromatic carbocycles. The molecule has 2 saturated carbocycles. The molecule has 0 atom stereocenters. The van der Waals surface area contributed by atoms with E-state index in [0.29, 0.717) is 0 Å². The number of carbonyl (C=O) groups is 1. The van der Waals surface area contributed by atoms with Crippen molar-refractivity contribution < 1.29 is 4.79 Å². The van der Waals surface area contributed by atoms with Gasteiger partial charge in [-0.05, 0) is 49.5 Å². The fraction of sp³-hybridized carbons (Fsp3) is 0.750. The van der Waals surface area contributed by atoms with E-state index in [1.807, 2.05) is 0 Å². The van der Waals surface area contributed by atoms with Crippen LogP contribution in [0.25, 0.3) is 0 Å². The first-order valence-electron chi connectivity index (χ1n) is 5.54. The maximum absolute atomic E-state index is 10.3. The van der Waals surface area contributed by atoms with Crippen LogP contribution in [0.1, 0.15) is 38.5 Å². The molecule has 13 heavy (non-hydrogen) atoms. The van der Waals surface area contributed by atoms with Gasteiger partial charge in [0.25, 0.3) is 0 Å². The molecule has 72 valence electrons. The Balaban J connectivity index is 2.06. The predicted octanol–water partition coefficient (Wildman–Crippen LogP) is 2.96. The Morgan fingerprint density at radius 1 is 0.923 bits per heavy atom. The summed E-state index contributed by atoms with van der Waals surface area (Å²) in [5.74, 6) is 2.51. The van der Waals surface area contributed by atoms with Crippen LogP contribution >= 0.6 is 0 Å². The quantitative estimate of drug-likeness (QED) is 0.469. The molecule has 0 aromatic rings. The molecule has 0 radical (unpaired) electrons. The van der Waals surface area contributed by atoms with Crippen LogP contribution < -0.4 is 0 Å². The van der Waals surface area contributed by atoms with Gasteiger partial charge in [0.2, 0.25) is 0 Å². The number of fused-ring (bicyclic) bond motifs is 2. The van der Waals surface area contributed by atoms with E-state index in [1.165, 1.54) is 38.5 Å². The van der Waals surface area contributed by atoms with Crippen LogP contribution in [0, 0.1) is 17.8 Å². The molecule has 0 N–H and O–H groups in total. The summed E-state index contributed by atoms with van der Waals surface area (Å²) >= 11 is 0.